The molecule has 0 atom stereocenters. The second kappa shape index (κ2) is 6.65. The average Bonchev–Trinajstić information content (AvgIpc) is 3.05. The SMILES string of the molecule is FCC1(CF)C=C(N2CCCC2=S)c2cc(C(F)(F)C(F)(F)F)ccc2O1. The summed E-state index contributed by atoms with van der Waals surface area (Å²) < 4.78 is 97.9. The van der Waals surface area contributed by atoms with Crippen molar-refractivity contribution in [1.29, 1.82) is 0 Å². The van der Waals surface area contributed by atoms with Gasteiger partial charge in [-0.15, -0.1) is 0 Å². The molecule has 2 heterocycles. The first-order chi connectivity index (χ1) is 12.5. The molecular formula is C17H14F7NOS. The largest absolute Gasteiger partial charge is 0.477 e. The van der Waals surface area contributed by atoms with E-state index in [0.29, 0.717) is 36.5 Å². The number of benzene rings is 1. The zero-order chi connectivity index (χ0) is 20.0. The first kappa shape index (κ1) is 19.9. The van der Waals surface area contributed by atoms with Gasteiger partial charge in [-0.1, -0.05) is 12.2 Å². The summed E-state index contributed by atoms with van der Waals surface area (Å²) >= 11 is 5.19. The van der Waals surface area contributed by atoms with Crippen molar-refractivity contribution in [2.75, 3.05) is 19.9 Å². The van der Waals surface area contributed by atoms with Crippen LogP contribution in [-0.2, 0) is 5.92 Å². The van der Waals surface area contributed by atoms with Gasteiger partial charge in [-0.3, -0.25) is 0 Å². The van der Waals surface area contributed by atoms with E-state index in [1.54, 1.807) is 0 Å². The Morgan fingerprint density at radius 2 is 1.78 bits per heavy atom. The fourth-order valence-corrected chi connectivity index (χ4v) is 3.38. The normalized spacial score (nSPS) is 19.6. The van der Waals surface area contributed by atoms with Crippen LogP contribution in [0.4, 0.5) is 30.7 Å². The van der Waals surface area contributed by atoms with E-state index in [9.17, 15) is 30.7 Å². The molecule has 3 rings (SSSR count). The molecule has 1 aromatic rings. The van der Waals surface area contributed by atoms with E-state index in [1.807, 2.05) is 0 Å². The Hall–Kier alpha value is -1.84. The summed E-state index contributed by atoms with van der Waals surface area (Å²) in [6.45, 7) is -2.13. The molecule has 27 heavy (non-hydrogen) atoms. The summed E-state index contributed by atoms with van der Waals surface area (Å²) in [5.74, 6) is -5.27. The van der Waals surface area contributed by atoms with Crippen molar-refractivity contribution in [2.24, 2.45) is 0 Å². The molecule has 2 nitrogen and oxygen atoms in total. The number of fused-ring (bicyclic) bond motifs is 1. The molecule has 0 amide bonds. The van der Waals surface area contributed by atoms with Crippen LogP contribution in [0.15, 0.2) is 24.3 Å². The van der Waals surface area contributed by atoms with Gasteiger partial charge in [-0.2, -0.15) is 22.0 Å². The van der Waals surface area contributed by atoms with Crippen molar-refractivity contribution in [3.8, 4) is 5.75 Å². The maximum atomic E-state index is 13.8. The smallest absolute Gasteiger partial charge is 0.458 e. The number of nitrogens with zero attached hydrogens (tertiary/aromatic N) is 1. The molecule has 0 aliphatic carbocycles. The third-order valence-electron chi connectivity index (χ3n) is 4.50. The number of thiocarbonyl (C=S) groups is 1. The Morgan fingerprint density at radius 1 is 1.11 bits per heavy atom. The molecule has 2 aliphatic heterocycles. The molecule has 1 aromatic carbocycles. The first-order valence-corrected chi connectivity index (χ1v) is 8.39. The quantitative estimate of drug-likeness (QED) is 0.499. The maximum Gasteiger partial charge on any atom is 0.458 e. The van der Waals surface area contributed by atoms with Gasteiger partial charge in [0.15, 0.2) is 5.60 Å². The van der Waals surface area contributed by atoms with Gasteiger partial charge in [0.25, 0.3) is 0 Å². The topological polar surface area (TPSA) is 12.5 Å². The van der Waals surface area contributed by atoms with Gasteiger partial charge in [-0.05, 0) is 37.1 Å². The molecular weight excluding hydrogens is 399 g/mol. The summed E-state index contributed by atoms with van der Waals surface area (Å²) in [5.41, 5.74) is -3.30. The highest BCUT2D eigenvalue weighted by molar-refractivity contribution is 7.80. The molecule has 148 valence electrons. The molecule has 0 radical (unpaired) electrons. The predicted molar refractivity (Wildman–Crippen MR) is 88.2 cm³/mol. The van der Waals surface area contributed by atoms with Crippen LogP contribution in [0.25, 0.3) is 5.70 Å². The Bertz CT molecular complexity index is 786. The Balaban J connectivity index is 2.16. The van der Waals surface area contributed by atoms with Crippen LogP contribution in [0.1, 0.15) is 24.0 Å². The third-order valence-corrected chi connectivity index (χ3v) is 4.93. The molecule has 0 unspecified atom stereocenters. The first-order valence-electron chi connectivity index (χ1n) is 7.98. The third kappa shape index (κ3) is 3.28. The van der Waals surface area contributed by atoms with E-state index < -0.39 is 36.6 Å². The summed E-state index contributed by atoms with van der Waals surface area (Å²) in [5, 5.41) is 0. The molecule has 2 aliphatic rings. The van der Waals surface area contributed by atoms with Crippen LogP contribution in [0.3, 0.4) is 0 Å². The maximum absolute atomic E-state index is 13.8. The molecule has 1 saturated heterocycles. The van der Waals surface area contributed by atoms with E-state index in [2.05, 4.69) is 0 Å². The average molecular weight is 413 g/mol. The number of ether oxygens (including phenoxy) is 1. The highest BCUT2D eigenvalue weighted by atomic mass is 32.1. The van der Waals surface area contributed by atoms with Crippen molar-refractivity contribution in [3.63, 3.8) is 0 Å². The van der Waals surface area contributed by atoms with Crippen molar-refractivity contribution in [3.05, 3.63) is 35.4 Å². The lowest BCUT2D eigenvalue weighted by atomic mass is 9.94. The van der Waals surface area contributed by atoms with Gasteiger partial charge in [0.1, 0.15) is 19.1 Å². The van der Waals surface area contributed by atoms with Crippen LogP contribution in [0.5, 0.6) is 5.75 Å². The minimum atomic E-state index is -5.79. The highest BCUT2D eigenvalue weighted by Crippen LogP contribution is 2.47. The predicted octanol–water partition coefficient (Wildman–Crippen LogP) is 5.18. The number of likely N-dealkylation sites (tertiary alicyclic amines) is 1. The summed E-state index contributed by atoms with van der Waals surface area (Å²) in [7, 11) is 0. The van der Waals surface area contributed by atoms with Crippen molar-refractivity contribution < 1.29 is 35.5 Å². The van der Waals surface area contributed by atoms with E-state index in [-0.39, 0.29) is 17.0 Å². The molecule has 0 saturated carbocycles. The molecule has 1 fully saturated rings. The second-order valence-corrected chi connectivity index (χ2v) is 6.87. The summed E-state index contributed by atoms with van der Waals surface area (Å²) in [6.07, 6.45) is -3.59. The molecule has 0 N–H and O–H groups in total. The van der Waals surface area contributed by atoms with Crippen LogP contribution in [0, 0.1) is 0 Å². The fourth-order valence-electron chi connectivity index (χ4n) is 3.05. The molecule has 10 heteroatoms. The van der Waals surface area contributed by atoms with E-state index in [0.717, 1.165) is 12.1 Å². The van der Waals surface area contributed by atoms with Gasteiger partial charge < -0.3 is 9.64 Å². The Kier molecular flexibility index (Phi) is 4.90. The van der Waals surface area contributed by atoms with Crippen molar-refractivity contribution in [2.45, 2.75) is 30.5 Å². The molecule has 0 aromatic heterocycles. The number of halogens is 7. The van der Waals surface area contributed by atoms with Crippen LogP contribution in [0.2, 0.25) is 0 Å². The number of rotatable bonds is 4. The standard InChI is InChI=1S/C17H14F7NOS/c18-8-15(9-19)7-12(25-5-1-2-14(25)27)11-6-10(3-4-13(11)26-15)16(20,21)17(22,23)24/h3-4,6-7H,1-2,5,8-9H2. The number of alkyl halides is 7. The summed E-state index contributed by atoms with van der Waals surface area (Å²) in [4.78, 5) is 1.90. The van der Waals surface area contributed by atoms with Crippen LogP contribution in [-0.4, -0.2) is 41.6 Å². The Labute approximate surface area is 155 Å². The minimum Gasteiger partial charge on any atom is -0.477 e. The number of hydrogen-bond donors (Lipinski definition) is 0. The monoisotopic (exact) mass is 413 g/mol. The van der Waals surface area contributed by atoms with Crippen LogP contribution >= 0.6 is 12.2 Å². The molecule has 0 spiro atoms. The lowest BCUT2D eigenvalue weighted by molar-refractivity contribution is -0.289. The van der Waals surface area contributed by atoms with Gasteiger partial charge >= 0.3 is 12.1 Å². The molecule has 0 bridgehead atoms. The van der Waals surface area contributed by atoms with E-state index in [1.165, 1.54) is 4.90 Å². The van der Waals surface area contributed by atoms with Crippen molar-refractivity contribution in [1.82, 2.24) is 4.90 Å². The lowest BCUT2D eigenvalue weighted by Gasteiger charge is -2.36. The van der Waals surface area contributed by atoms with Crippen molar-refractivity contribution >= 4 is 22.9 Å². The van der Waals surface area contributed by atoms with E-state index >= 15 is 0 Å². The van der Waals surface area contributed by atoms with E-state index in [4.69, 9.17) is 17.0 Å². The highest BCUT2D eigenvalue weighted by Gasteiger charge is 2.59. The Morgan fingerprint density at radius 3 is 2.30 bits per heavy atom. The van der Waals surface area contributed by atoms with Crippen LogP contribution < -0.4 is 4.74 Å². The van der Waals surface area contributed by atoms with Gasteiger partial charge in [-0.25, -0.2) is 8.78 Å². The number of hydrogen-bond acceptors (Lipinski definition) is 2. The summed E-state index contributed by atoms with van der Waals surface area (Å²) in [6, 6.07) is 2.05. The minimum absolute atomic E-state index is 0.0777. The second-order valence-electron chi connectivity index (χ2n) is 6.40. The van der Waals surface area contributed by atoms with Gasteiger partial charge in [0.05, 0.1) is 10.7 Å². The zero-order valence-corrected chi connectivity index (χ0v) is 14.6. The zero-order valence-electron chi connectivity index (χ0n) is 13.8. The fraction of sp³-hybridized carbons (Fsp3) is 0.471. The van der Waals surface area contributed by atoms with Gasteiger partial charge in [0.2, 0.25) is 0 Å². The van der Waals surface area contributed by atoms with Gasteiger partial charge in [0, 0.05) is 17.7 Å². The lowest BCUT2D eigenvalue weighted by Crippen LogP contribution is -2.43.